The first-order valence-electron chi connectivity index (χ1n) is 8.10. The molecule has 1 amide bonds. The van der Waals surface area contributed by atoms with Gasteiger partial charge in [-0.05, 0) is 42.0 Å². The molecule has 2 heterocycles. The van der Waals surface area contributed by atoms with Gasteiger partial charge in [0.1, 0.15) is 0 Å². The summed E-state index contributed by atoms with van der Waals surface area (Å²) in [5.41, 5.74) is 2.49. The van der Waals surface area contributed by atoms with Crippen molar-refractivity contribution in [3.8, 4) is 0 Å². The van der Waals surface area contributed by atoms with E-state index in [0.29, 0.717) is 22.9 Å². The van der Waals surface area contributed by atoms with Gasteiger partial charge in [-0.15, -0.1) is 0 Å². The lowest BCUT2D eigenvalue weighted by Crippen LogP contribution is -2.12. The van der Waals surface area contributed by atoms with Gasteiger partial charge >= 0.3 is 0 Å². The molecule has 0 aliphatic carbocycles. The summed E-state index contributed by atoms with van der Waals surface area (Å²) in [6.45, 7) is 0.630. The van der Waals surface area contributed by atoms with Gasteiger partial charge in [-0.2, -0.15) is 0 Å². The number of amides is 1. The highest BCUT2D eigenvalue weighted by Crippen LogP contribution is 2.16. The van der Waals surface area contributed by atoms with Crippen molar-refractivity contribution in [1.29, 1.82) is 0 Å². The molecule has 0 aliphatic heterocycles. The van der Waals surface area contributed by atoms with Crippen LogP contribution in [0.1, 0.15) is 15.9 Å². The Morgan fingerprint density at radius 2 is 2.00 bits per heavy atom. The lowest BCUT2D eigenvalue weighted by atomic mass is 10.1. The lowest BCUT2D eigenvalue weighted by molar-refractivity contribution is 0.102. The number of benzene rings is 2. The molecule has 4 rings (SSSR count). The quantitative estimate of drug-likeness (QED) is 0.586. The molecule has 2 aromatic heterocycles. The van der Waals surface area contributed by atoms with Crippen molar-refractivity contribution in [2.24, 2.45) is 0 Å². The van der Waals surface area contributed by atoms with Crippen LogP contribution in [0.25, 0.3) is 10.9 Å². The van der Waals surface area contributed by atoms with Crippen molar-refractivity contribution in [1.82, 2.24) is 14.5 Å². The molecule has 26 heavy (non-hydrogen) atoms. The summed E-state index contributed by atoms with van der Waals surface area (Å²) in [5, 5.41) is 4.44. The number of imidazole rings is 1. The Labute approximate surface area is 155 Å². The highest BCUT2D eigenvalue weighted by atomic mass is 35.5. The summed E-state index contributed by atoms with van der Waals surface area (Å²) in [7, 11) is 0. The first-order chi connectivity index (χ1) is 12.7. The third-order valence-electron chi connectivity index (χ3n) is 3.99. The first kappa shape index (κ1) is 16.3. The predicted octanol–water partition coefficient (Wildman–Crippen LogP) is 4.39. The summed E-state index contributed by atoms with van der Waals surface area (Å²) < 4.78 is 1.89. The molecule has 0 aliphatic rings. The number of hydrogen-bond acceptors (Lipinski definition) is 3. The van der Waals surface area contributed by atoms with Crippen LogP contribution in [0, 0.1) is 0 Å². The maximum absolute atomic E-state index is 12.5. The number of nitrogens with one attached hydrogen (secondary N) is 1. The highest BCUT2D eigenvalue weighted by molar-refractivity contribution is 6.30. The zero-order valence-corrected chi connectivity index (χ0v) is 14.5. The summed E-state index contributed by atoms with van der Waals surface area (Å²) in [5.74, 6) is 0.298. The van der Waals surface area contributed by atoms with Crippen LogP contribution in [0.3, 0.4) is 0 Å². The van der Waals surface area contributed by atoms with E-state index in [4.69, 9.17) is 11.6 Å². The predicted molar refractivity (Wildman–Crippen MR) is 102 cm³/mol. The van der Waals surface area contributed by atoms with E-state index in [2.05, 4.69) is 15.3 Å². The number of anilines is 1. The first-order valence-corrected chi connectivity index (χ1v) is 8.47. The van der Waals surface area contributed by atoms with Crippen LogP contribution in [0.4, 0.5) is 5.82 Å². The van der Waals surface area contributed by atoms with Gasteiger partial charge in [0.05, 0.1) is 11.8 Å². The van der Waals surface area contributed by atoms with E-state index in [1.54, 1.807) is 24.8 Å². The molecule has 0 unspecified atom stereocenters. The zero-order chi connectivity index (χ0) is 17.9. The summed E-state index contributed by atoms with van der Waals surface area (Å²) in [4.78, 5) is 21.0. The van der Waals surface area contributed by atoms with Crippen LogP contribution in [0.2, 0.25) is 5.02 Å². The van der Waals surface area contributed by atoms with E-state index >= 15 is 0 Å². The van der Waals surface area contributed by atoms with Gasteiger partial charge in [0.15, 0.2) is 5.82 Å². The molecule has 5 nitrogen and oxygen atoms in total. The standard InChI is InChI=1S/C20H15ClN4O/c21-17-5-1-3-14(9-17)11-25-12-19(23-13-25)24-20(26)16-6-7-18-15(10-16)4-2-8-22-18/h1-10,12-13H,11H2,(H,24,26). The Kier molecular flexibility index (Phi) is 4.37. The van der Waals surface area contributed by atoms with Crippen molar-refractivity contribution < 1.29 is 4.79 Å². The molecular formula is C20H15ClN4O. The zero-order valence-electron chi connectivity index (χ0n) is 13.8. The number of hydrogen-bond donors (Lipinski definition) is 1. The number of halogens is 1. The molecule has 0 saturated heterocycles. The molecule has 0 fully saturated rings. The Morgan fingerprint density at radius 3 is 2.88 bits per heavy atom. The number of aromatic nitrogens is 3. The van der Waals surface area contributed by atoms with Crippen molar-refractivity contribution in [3.63, 3.8) is 0 Å². The minimum atomic E-state index is -0.205. The van der Waals surface area contributed by atoms with Crippen LogP contribution in [-0.4, -0.2) is 20.4 Å². The number of fused-ring (bicyclic) bond motifs is 1. The SMILES string of the molecule is O=C(Nc1cn(Cc2cccc(Cl)c2)cn1)c1ccc2ncccc2c1. The van der Waals surface area contributed by atoms with Crippen LogP contribution < -0.4 is 5.32 Å². The van der Waals surface area contributed by atoms with Crippen molar-refractivity contribution in [2.45, 2.75) is 6.54 Å². The second-order valence-corrected chi connectivity index (χ2v) is 6.36. The number of pyridine rings is 1. The molecule has 0 saturated carbocycles. The van der Waals surface area contributed by atoms with E-state index in [9.17, 15) is 4.79 Å². The van der Waals surface area contributed by atoms with Crippen molar-refractivity contribution in [2.75, 3.05) is 5.32 Å². The number of carbonyl (C=O) groups excluding carboxylic acids is 1. The average molecular weight is 363 g/mol. The third kappa shape index (κ3) is 3.58. The topological polar surface area (TPSA) is 59.8 Å². The molecule has 0 radical (unpaired) electrons. The van der Waals surface area contributed by atoms with Gasteiger partial charge in [0.2, 0.25) is 0 Å². The smallest absolute Gasteiger partial charge is 0.256 e. The fourth-order valence-electron chi connectivity index (χ4n) is 2.76. The minimum absolute atomic E-state index is 0.205. The Hall–Kier alpha value is -3.18. The summed E-state index contributed by atoms with van der Waals surface area (Å²) in [6.07, 6.45) is 5.21. The maximum atomic E-state index is 12.5. The summed E-state index contributed by atoms with van der Waals surface area (Å²) >= 11 is 6.01. The fraction of sp³-hybridized carbons (Fsp3) is 0.0500. The van der Waals surface area contributed by atoms with Gasteiger partial charge in [-0.25, -0.2) is 4.98 Å². The molecule has 0 bridgehead atoms. The van der Waals surface area contributed by atoms with Crippen LogP contribution in [0.5, 0.6) is 0 Å². The van der Waals surface area contributed by atoms with Gasteiger partial charge in [-0.1, -0.05) is 29.8 Å². The third-order valence-corrected chi connectivity index (χ3v) is 4.23. The number of rotatable bonds is 4. The largest absolute Gasteiger partial charge is 0.331 e. The average Bonchev–Trinajstić information content (AvgIpc) is 3.08. The second kappa shape index (κ2) is 6.98. The molecule has 1 N–H and O–H groups in total. The number of carbonyl (C=O) groups is 1. The van der Waals surface area contributed by atoms with Gasteiger partial charge in [0.25, 0.3) is 5.91 Å². The Bertz CT molecular complexity index is 1090. The molecular weight excluding hydrogens is 348 g/mol. The van der Waals surface area contributed by atoms with Crippen molar-refractivity contribution >= 4 is 34.2 Å². The molecule has 0 atom stereocenters. The van der Waals surface area contributed by atoms with E-state index in [0.717, 1.165) is 16.5 Å². The van der Waals surface area contributed by atoms with Crippen LogP contribution in [0.15, 0.2) is 73.3 Å². The van der Waals surface area contributed by atoms with E-state index < -0.39 is 0 Å². The molecule has 6 heteroatoms. The lowest BCUT2D eigenvalue weighted by Gasteiger charge is -2.04. The molecule has 2 aromatic carbocycles. The molecule has 128 valence electrons. The van der Waals surface area contributed by atoms with Gasteiger partial charge in [-0.3, -0.25) is 9.78 Å². The fourth-order valence-corrected chi connectivity index (χ4v) is 2.98. The molecule has 0 spiro atoms. The molecule has 4 aromatic rings. The number of nitrogens with zero attached hydrogens (tertiary/aromatic N) is 3. The van der Waals surface area contributed by atoms with E-state index in [-0.39, 0.29) is 5.91 Å². The second-order valence-electron chi connectivity index (χ2n) is 5.93. The van der Waals surface area contributed by atoms with Crippen LogP contribution in [-0.2, 0) is 6.54 Å². The highest BCUT2D eigenvalue weighted by Gasteiger charge is 2.09. The minimum Gasteiger partial charge on any atom is -0.331 e. The van der Waals surface area contributed by atoms with Gasteiger partial charge in [0, 0.05) is 34.9 Å². The van der Waals surface area contributed by atoms with Crippen LogP contribution >= 0.6 is 11.6 Å². The summed E-state index contributed by atoms with van der Waals surface area (Å²) in [6, 6.07) is 16.8. The van der Waals surface area contributed by atoms with Gasteiger partial charge < -0.3 is 9.88 Å². The van der Waals surface area contributed by atoms with E-state index in [1.165, 1.54) is 0 Å². The Morgan fingerprint density at radius 1 is 1.08 bits per heavy atom. The Balaban J connectivity index is 1.48. The monoisotopic (exact) mass is 362 g/mol. The van der Waals surface area contributed by atoms with E-state index in [1.807, 2.05) is 53.1 Å². The normalized spacial score (nSPS) is 10.8. The maximum Gasteiger partial charge on any atom is 0.256 e. The van der Waals surface area contributed by atoms with Crippen molar-refractivity contribution in [3.05, 3.63) is 89.5 Å².